The molecule has 2 N–H and O–H groups in total. The van der Waals surface area contributed by atoms with Crippen LogP contribution in [0.5, 0.6) is 0 Å². The van der Waals surface area contributed by atoms with Crippen molar-refractivity contribution in [3.8, 4) is 6.07 Å². The second-order valence-corrected chi connectivity index (χ2v) is 7.20. The Morgan fingerprint density at radius 3 is 2.48 bits per heavy atom. The number of carboxylic acids is 1. The summed E-state index contributed by atoms with van der Waals surface area (Å²) in [6.07, 6.45) is 1.05. The molecule has 1 atom stereocenters. The molecule has 0 radical (unpaired) electrons. The highest BCUT2D eigenvalue weighted by Crippen LogP contribution is 2.13. The fourth-order valence-corrected chi connectivity index (χ4v) is 3.10. The van der Waals surface area contributed by atoms with E-state index < -0.39 is 27.8 Å². The molecule has 2 aromatic carbocycles. The summed E-state index contributed by atoms with van der Waals surface area (Å²) in [4.78, 5) is 23.6. The van der Waals surface area contributed by atoms with Gasteiger partial charge in [0.05, 0.1) is 17.0 Å². The standard InChI is InChI=1S/C19H16N2O5S/c20-13-16-8-4-7-15(11-16)12-17(19(23)24)18(22)21-27(25,26)10-9-14-5-2-1-3-6-14/h1-11,17H,12H2,(H,21,22)(H,23,24). The summed E-state index contributed by atoms with van der Waals surface area (Å²) in [6.45, 7) is 0. The summed E-state index contributed by atoms with van der Waals surface area (Å²) in [5, 5.41) is 19.0. The largest absolute Gasteiger partial charge is 0.481 e. The third kappa shape index (κ3) is 6.09. The van der Waals surface area contributed by atoms with E-state index in [2.05, 4.69) is 0 Å². The van der Waals surface area contributed by atoms with Crippen molar-refractivity contribution >= 4 is 28.0 Å². The number of amides is 1. The number of nitrogens with zero attached hydrogens (tertiary/aromatic N) is 1. The highest BCUT2D eigenvalue weighted by molar-refractivity contribution is 7.93. The number of benzene rings is 2. The molecule has 7 nitrogen and oxygen atoms in total. The predicted octanol–water partition coefficient (Wildman–Crippen LogP) is 1.92. The topological polar surface area (TPSA) is 124 Å². The van der Waals surface area contributed by atoms with Gasteiger partial charge in [0.25, 0.3) is 10.0 Å². The Kier molecular flexibility index (Phi) is 6.46. The van der Waals surface area contributed by atoms with Crippen molar-refractivity contribution in [1.82, 2.24) is 4.72 Å². The molecule has 27 heavy (non-hydrogen) atoms. The van der Waals surface area contributed by atoms with Gasteiger partial charge >= 0.3 is 5.97 Å². The lowest BCUT2D eigenvalue weighted by molar-refractivity contribution is -0.146. The Bertz CT molecular complexity index is 1010. The second-order valence-electron chi connectivity index (χ2n) is 5.63. The van der Waals surface area contributed by atoms with Crippen LogP contribution >= 0.6 is 0 Å². The third-order valence-corrected chi connectivity index (χ3v) is 4.57. The van der Waals surface area contributed by atoms with E-state index in [0.29, 0.717) is 16.7 Å². The number of carbonyl (C=O) groups excluding carboxylic acids is 1. The van der Waals surface area contributed by atoms with Gasteiger partial charge < -0.3 is 5.11 Å². The number of aliphatic carboxylic acids is 1. The van der Waals surface area contributed by atoms with E-state index in [9.17, 15) is 23.1 Å². The van der Waals surface area contributed by atoms with Crippen LogP contribution in [0.3, 0.4) is 0 Å². The van der Waals surface area contributed by atoms with Crippen LogP contribution in [0, 0.1) is 17.2 Å². The molecular weight excluding hydrogens is 368 g/mol. The van der Waals surface area contributed by atoms with Crippen molar-refractivity contribution in [3.05, 3.63) is 76.7 Å². The van der Waals surface area contributed by atoms with Crippen molar-refractivity contribution in [3.63, 3.8) is 0 Å². The molecular formula is C19H16N2O5S. The molecule has 0 spiro atoms. The van der Waals surface area contributed by atoms with Crippen molar-refractivity contribution in [1.29, 1.82) is 5.26 Å². The van der Waals surface area contributed by atoms with E-state index >= 15 is 0 Å². The second kappa shape index (κ2) is 8.78. The smallest absolute Gasteiger partial charge is 0.316 e. The summed E-state index contributed by atoms with van der Waals surface area (Å²) in [7, 11) is -4.16. The molecule has 1 amide bonds. The fraction of sp³-hybridized carbons (Fsp3) is 0.105. The average Bonchev–Trinajstić information content (AvgIpc) is 2.65. The summed E-state index contributed by atoms with van der Waals surface area (Å²) in [5.74, 6) is -4.22. The van der Waals surface area contributed by atoms with Gasteiger partial charge in [-0.2, -0.15) is 5.26 Å². The van der Waals surface area contributed by atoms with Gasteiger partial charge in [0, 0.05) is 0 Å². The Hall–Kier alpha value is -3.44. The molecule has 0 saturated heterocycles. The lowest BCUT2D eigenvalue weighted by Gasteiger charge is -2.12. The van der Waals surface area contributed by atoms with Gasteiger partial charge in [-0.3, -0.25) is 9.59 Å². The molecule has 0 aromatic heterocycles. The van der Waals surface area contributed by atoms with E-state index in [-0.39, 0.29) is 6.42 Å². The Labute approximate surface area is 156 Å². The predicted molar refractivity (Wildman–Crippen MR) is 98.5 cm³/mol. The first-order chi connectivity index (χ1) is 12.8. The number of hydrogen-bond donors (Lipinski definition) is 2. The van der Waals surface area contributed by atoms with Gasteiger partial charge in [-0.1, -0.05) is 42.5 Å². The average molecular weight is 384 g/mol. The fourth-order valence-electron chi connectivity index (χ4n) is 2.27. The molecule has 0 saturated carbocycles. The number of nitriles is 1. The highest BCUT2D eigenvalue weighted by atomic mass is 32.2. The number of carbonyl (C=O) groups is 2. The lowest BCUT2D eigenvalue weighted by Crippen LogP contribution is -2.39. The van der Waals surface area contributed by atoms with E-state index in [1.807, 2.05) is 6.07 Å². The van der Waals surface area contributed by atoms with Crippen molar-refractivity contribution in [2.45, 2.75) is 6.42 Å². The first-order valence-electron chi connectivity index (χ1n) is 7.82. The number of rotatable bonds is 7. The molecule has 0 heterocycles. The van der Waals surface area contributed by atoms with Gasteiger partial charge in [-0.15, -0.1) is 0 Å². The molecule has 0 bridgehead atoms. The Morgan fingerprint density at radius 1 is 1.15 bits per heavy atom. The normalized spacial score (nSPS) is 12.3. The molecule has 2 rings (SSSR count). The van der Waals surface area contributed by atoms with Gasteiger partial charge in [-0.25, -0.2) is 13.1 Å². The maximum absolute atomic E-state index is 12.2. The number of hydrogen-bond acceptors (Lipinski definition) is 5. The maximum Gasteiger partial charge on any atom is 0.316 e. The van der Waals surface area contributed by atoms with Gasteiger partial charge in [-0.05, 0) is 35.8 Å². The summed E-state index contributed by atoms with van der Waals surface area (Å²) in [5.41, 5.74) is 1.36. The highest BCUT2D eigenvalue weighted by Gasteiger charge is 2.29. The molecule has 0 aliphatic rings. The zero-order chi connectivity index (χ0) is 19.9. The van der Waals surface area contributed by atoms with Crippen LogP contribution in [0.2, 0.25) is 0 Å². The molecule has 138 valence electrons. The number of sulfonamides is 1. The summed E-state index contributed by atoms with van der Waals surface area (Å²) >= 11 is 0. The molecule has 2 aromatic rings. The minimum absolute atomic E-state index is 0.241. The van der Waals surface area contributed by atoms with E-state index in [0.717, 1.165) is 5.41 Å². The van der Waals surface area contributed by atoms with Crippen LogP contribution in [0.25, 0.3) is 6.08 Å². The van der Waals surface area contributed by atoms with Crippen LogP contribution < -0.4 is 4.72 Å². The summed E-state index contributed by atoms with van der Waals surface area (Å²) in [6, 6.07) is 16.6. The zero-order valence-corrected chi connectivity index (χ0v) is 14.9. The molecule has 0 aliphatic carbocycles. The quantitative estimate of drug-likeness (QED) is 0.703. The van der Waals surface area contributed by atoms with Crippen LogP contribution in [-0.4, -0.2) is 25.4 Å². The van der Waals surface area contributed by atoms with Gasteiger partial charge in [0.15, 0.2) is 0 Å². The Morgan fingerprint density at radius 2 is 1.85 bits per heavy atom. The maximum atomic E-state index is 12.2. The van der Waals surface area contributed by atoms with Crippen molar-refractivity contribution in [2.24, 2.45) is 5.92 Å². The van der Waals surface area contributed by atoms with Crippen LogP contribution in [0.4, 0.5) is 0 Å². The van der Waals surface area contributed by atoms with E-state index in [1.54, 1.807) is 47.2 Å². The summed E-state index contributed by atoms with van der Waals surface area (Å²) < 4.78 is 25.8. The van der Waals surface area contributed by atoms with Gasteiger partial charge in [0.2, 0.25) is 5.91 Å². The first-order valence-corrected chi connectivity index (χ1v) is 9.37. The molecule has 0 aliphatic heterocycles. The van der Waals surface area contributed by atoms with Crippen LogP contribution in [-0.2, 0) is 26.0 Å². The first kappa shape index (κ1) is 19.9. The minimum Gasteiger partial charge on any atom is -0.481 e. The molecule has 8 heteroatoms. The zero-order valence-electron chi connectivity index (χ0n) is 14.1. The molecule has 0 fully saturated rings. The SMILES string of the molecule is N#Cc1cccc(CC(C(=O)O)C(=O)NS(=O)(=O)C=Cc2ccccc2)c1. The van der Waals surface area contributed by atoms with E-state index in [1.165, 1.54) is 18.2 Å². The number of nitrogens with one attached hydrogen (secondary N) is 1. The van der Waals surface area contributed by atoms with Crippen molar-refractivity contribution < 1.29 is 23.1 Å². The Balaban J connectivity index is 2.13. The minimum atomic E-state index is -4.16. The third-order valence-electron chi connectivity index (χ3n) is 3.59. The van der Waals surface area contributed by atoms with Crippen LogP contribution in [0.1, 0.15) is 16.7 Å². The van der Waals surface area contributed by atoms with Crippen LogP contribution in [0.15, 0.2) is 60.0 Å². The van der Waals surface area contributed by atoms with E-state index in [4.69, 9.17) is 5.26 Å². The number of carboxylic acid groups (broad SMARTS) is 1. The van der Waals surface area contributed by atoms with Gasteiger partial charge in [0.1, 0.15) is 5.92 Å². The monoisotopic (exact) mass is 384 g/mol. The van der Waals surface area contributed by atoms with Crippen molar-refractivity contribution in [2.75, 3.05) is 0 Å². The molecule has 1 unspecified atom stereocenters. The lowest BCUT2D eigenvalue weighted by atomic mass is 9.98.